The number of hydrogen-bond acceptors (Lipinski definition) is 18. The van der Waals surface area contributed by atoms with E-state index >= 15 is 0 Å². The van der Waals surface area contributed by atoms with E-state index in [4.69, 9.17) is 31.2 Å². The molecule has 0 amide bonds. The smallest absolute Gasteiger partial charge is 0.872 e. The largest absolute Gasteiger partial charge is 2.00 e. The van der Waals surface area contributed by atoms with Crippen LogP contribution in [0.2, 0.25) is 0 Å². The van der Waals surface area contributed by atoms with E-state index in [1.54, 1.807) is 72.8 Å². The summed E-state index contributed by atoms with van der Waals surface area (Å²) in [4.78, 5) is 0. The number of benzene rings is 6. The molecule has 6 rings (SSSR count). The molecule has 0 bridgehead atoms. The Balaban J connectivity index is -0.000000967. The van der Waals surface area contributed by atoms with Gasteiger partial charge in [-0.1, -0.05) is 299 Å². The van der Waals surface area contributed by atoms with Crippen LogP contribution in [0, 0.1) is 0 Å². The molecular weight excluding hydrogens is 1260 g/mol. The first-order valence-corrected chi connectivity index (χ1v) is 26.6. The van der Waals surface area contributed by atoms with Crippen LogP contribution >= 0.6 is 0 Å². The summed E-state index contributed by atoms with van der Waals surface area (Å²) in [5.74, 6) is -0.773. The van der Waals surface area contributed by atoms with E-state index in [9.17, 15) is 30.6 Å². The molecule has 0 saturated carbocycles. The van der Waals surface area contributed by atoms with Crippen molar-refractivity contribution in [2.45, 2.75) is 157 Å². The first-order chi connectivity index (χ1) is 38.7. The van der Waals surface area contributed by atoms with E-state index in [0.29, 0.717) is 33.4 Å². The SMILES string of the molecule is CC(C)(C)c1ccc([O-])c(/C=N/O)c1.CC(C)(C)c1ccc([O-])c(/C=N/O)c1.CC(C)(C)c1ccc([O-])c(/C=N/O)c1.CC(C)(C)c1ccc([O-])c(/C=N/O)c1.CC(C)(C)c1ccc([O-])c(/C=N/O)c1.CC(C)(C)c1ccc([O-])c(/C=N/O)c1.[Cu+2].[Cu+2].[Cu+2]. The summed E-state index contributed by atoms with van der Waals surface area (Å²) in [5.41, 5.74) is 8.74. The molecule has 483 valence electrons. The van der Waals surface area contributed by atoms with Crippen molar-refractivity contribution in [2.75, 3.05) is 0 Å². The Bertz CT molecular complexity index is 2680. The Kier molecular flexibility index (Phi) is 35.8. The topological polar surface area (TPSA) is 334 Å². The van der Waals surface area contributed by atoms with Gasteiger partial charge in [-0.15, -0.1) is 0 Å². The average Bonchev–Trinajstić information content (AvgIpc) is 3.51. The maximum atomic E-state index is 11.3. The molecule has 0 unspecified atom stereocenters. The van der Waals surface area contributed by atoms with Crippen LogP contribution in [0.1, 0.15) is 191 Å². The van der Waals surface area contributed by atoms with Gasteiger partial charge in [0.05, 0.1) is 37.3 Å². The van der Waals surface area contributed by atoms with Crippen molar-refractivity contribution in [2.24, 2.45) is 30.9 Å². The van der Waals surface area contributed by atoms with E-state index < -0.39 is 0 Å². The third kappa shape index (κ3) is 29.6. The molecule has 6 N–H and O–H groups in total. The summed E-state index contributed by atoms with van der Waals surface area (Å²) >= 11 is 0. The Labute approximate surface area is 545 Å². The van der Waals surface area contributed by atoms with Crippen LogP contribution in [0.5, 0.6) is 34.5 Å². The van der Waals surface area contributed by atoms with E-state index in [0.717, 1.165) is 70.7 Å². The predicted octanol–water partition coefficient (Wildman–Crippen LogP) is 11.2. The second-order valence-corrected chi connectivity index (χ2v) is 25.5. The van der Waals surface area contributed by atoms with Gasteiger partial charge in [0.15, 0.2) is 0 Å². The van der Waals surface area contributed by atoms with Gasteiger partial charge in [-0.2, -0.15) is 0 Å². The molecule has 0 heterocycles. The fraction of sp³-hybridized carbons (Fsp3) is 0.364. The number of oxime groups is 6. The summed E-state index contributed by atoms with van der Waals surface area (Å²) in [6, 6.07) is 30.3. The van der Waals surface area contributed by atoms with Crippen LogP contribution in [0.15, 0.2) is 140 Å². The van der Waals surface area contributed by atoms with Gasteiger partial charge in [0.25, 0.3) is 0 Å². The zero-order valence-corrected chi connectivity index (χ0v) is 55.4. The molecule has 18 nitrogen and oxygen atoms in total. The number of rotatable bonds is 6. The zero-order chi connectivity index (χ0) is 64.6. The van der Waals surface area contributed by atoms with E-state index in [1.165, 1.54) is 36.4 Å². The molecular formula is C66H84Cu3N6O12. The fourth-order valence-corrected chi connectivity index (χ4v) is 7.07. The maximum absolute atomic E-state index is 11.3. The molecule has 6 aromatic carbocycles. The summed E-state index contributed by atoms with van der Waals surface area (Å²) in [5, 5.41) is 135. The molecule has 6 aromatic rings. The Morgan fingerprint density at radius 1 is 0.230 bits per heavy atom. The number of hydrogen-bond donors (Lipinski definition) is 6. The minimum atomic E-state index is -0.129. The zero-order valence-electron chi connectivity index (χ0n) is 52.6. The van der Waals surface area contributed by atoms with Gasteiger partial charge in [0, 0.05) is 0 Å². The third-order valence-electron chi connectivity index (χ3n) is 12.4. The normalized spacial score (nSPS) is 11.8. The molecule has 0 fully saturated rings. The summed E-state index contributed by atoms with van der Waals surface area (Å²) in [6.07, 6.45) is 6.99. The molecule has 87 heavy (non-hydrogen) atoms. The van der Waals surface area contributed by atoms with Gasteiger partial charge < -0.3 is 61.9 Å². The minimum absolute atomic E-state index is 0. The Morgan fingerprint density at radius 3 is 0.414 bits per heavy atom. The Morgan fingerprint density at radius 2 is 0.333 bits per heavy atom. The maximum Gasteiger partial charge on any atom is 2.00 e. The van der Waals surface area contributed by atoms with Gasteiger partial charge in [0.2, 0.25) is 0 Å². The molecule has 0 aliphatic heterocycles. The van der Waals surface area contributed by atoms with Gasteiger partial charge in [0.1, 0.15) is 0 Å². The van der Waals surface area contributed by atoms with Crippen LogP contribution in [0.25, 0.3) is 0 Å². The quantitative estimate of drug-likeness (QED) is 0.0392. The molecule has 21 heteroatoms. The van der Waals surface area contributed by atoms with E-state index in [1.807, 2.05) is 0 Å². The van der Waals surface area contributed by atoms with Crippen LogP contribution in [-0.2, 0) is 83.7 Å². The van der Waals surface area contributed by atoms with Crippen molar-refractivity contribution >= 4 is 37.3 Å². The van der Waals surface area contributed by atoms with Gasteiger partial charge >= 0.3 is 51.2 Å². The molecule has 0 aliphatic rings. The van der Waals surface area contributed by atoms with Crippen molar-refractivity contribution in [1.82, 2.24) is 0 Å². The first kappa shape index (κ1) is 83.7. The van der Waals surface area contributed by atoms with Crippen molar-refractivity contribution in [3.8, 4) is 34.5 Å². The summed E-state index contributed by atoms with van der Waals surface area (Å²) in [7, 11) is 0. The molecule has 0 aliphatic carbocycles. The van der Waals surface area contributed by atoms with Crippen molar-refractivity contribution < 1.29 is 113 Å². The minimum Gasteiger partial charge on any atom is -0.872 e. The second-order valence-electron chi connectivity index (χ2n) is 25.5. The standard InChI is InChI=1S/6C11H15NO2.3Cu/c6*1-11(2,3)9-4-5-10(13)8(6-9)7-12-14;;;/h6*4-7,13-14H,1-3H3;;;/q;;;;;;3*+2/p-6/b6*12-7+;;;. The number of nitrogens with zero attached hydrogens (tertiary/aromatic N) is 6. The van der Waals surface area contributed by atoms with Crippen LogP contribution in [0.4, 0.5) is 0 Å². The molecule has 0 aromatic heterocycles. The van der Waals surface area contributed by atoms with Crippen molar-refractivity contribution in [1.29, 1.82) is 0 Å². The van der Waals surface area contributed by atoms with Crippen molar-refractivity contribution in [3.05, 3.63) is 176 Å². The summed E-state index contributed by atoms with van der Waals surface area (Å²) in [6.45, 7) is 37.1. The summed E-state index contributed by atoms with van der Waals surface area (Å²) < 4.78 is 0. The van der Waals surface area contributed by atoms with Crippen molar-refractivity contribution in [3.63, 3.8) is 0 Å². The molecule has 0 saturated heterocycles. The van der Waals surface area contributed by atoms with Crippen LogP contribution in [0.3, 0.4) is 0 Å². The monoisotopic (exact) mass is 1340 g/mol. The van der Waals surface area contributed by atoms with Crippen LogP contribution in [-0.4, -0.2) is 68.5 Å². The van der Waals surface area contributed by atoms with E-state index in [2.05, 4.69) is 156 Å². The average molecular weight is 1340 g/mol. The molecule has 0 spiro atoms. The van der Waals surface area contributed by atoms with Gasteiger partial charge in [-0.3, -0.25) is 0 Å². The molecule has 0 atom stereocenters. The predicted molar refractivity (Wildman–Crippen MR) is 324 cm³/mol. The van der Waals surface area contributed by atoms with Gasteiger partial charge in [-0.05, 0) is 99.3 Å². The Hall–Kier alpha value is -7.50. The third-order valence-corrected chi connectivity index (χ3v) is 12.4. The molecule has 3 radical (unpaired) electrons. The fourth-order valence-electron chi connectivity index (χ4n) is 7.07. The van der Waals surface area contributed by atoms with E-state index in [-0.39, 0.29) is 118 Å². The van der Waals surface area contributed by atoms with Crippen LogP contribution < -0.4 is 30.6 Å². The van der Waals surface area contributed by atoms with Gasteiger partial charge in [-0.25, -0.2) is 0 Å². The first-order valence-electron chi connectivity index (χ1n) is 26.6. The second kappa shape index (κ2) is 37.3.